The minimum Gasteiger partial charge on any atom is -0.485 e. The molecule has 32 heavy (non-hydrogen) atoms. The number of ether oxygens (including phenoxy) is 3. The molecule has 3 aromatic rings. The summed E-state index contributed by atoms with van der Waals surface area (Å²) in [4.78, 5) is 31.9. The van der Waals surface area contributed by atoms with E-state index in [0.29, 0.717) is 32.8 Å². The number of anilines is 1. The number of carbonyl (C=O) groups excluding carboxylic acids is 2. The number of amides is 1. The maximum atomic E-state index is 13.5. The second kappa shape index (κ2) is 9.35. The zero-order valence-electron chi connectivity index (χ0n) is 17.5. The summed E-state index contributed by atoms with van der Waals surface area (Å²) < 4.78 is 30.0. The molecule has 166 valence electrons. The summed E-state index contributed by atoms with van der Waals surface area (Å²) >= 11 is 1.06. The number of fused-ring (bicyclic) bond motifs is 1. The van der Waals surface area contributed by atoms with Gasteiger partial charge in [-0.2, -0.15) is 0 Å². The Morgan fingerprint density at radius 2 is 1.91 bits per heavy atom. The SMILES string of the molecule is CCOC(=O)c1sc(N(Cc2ccc(F)cc2)C(=O)[C@H]2COc3ccccc3O2)nc1C. The van der Waals surface area contributed by atoms with E-state index < -0.39 is 12.1 Å². The summed E-state index contributed by atoms with van der Waals surface area (Å²) in [7, 11) is 0. The van der Waals surface area contributed by atoms with Crippen LogP contribution in [0.3, 0.4) is 0 Å². The van der Waals surface area contributed by atoms with E-state index in [2.05, 4.69) is 4.98 Å². The minimum absolute atomic E-state index is 0.0326. The first-order valence-electron chi connectivity index (χ1n) is 10.0. The van der Waals surface area contributed by atoms with Crippen molar-refractivity contribution in [2.24, 2.45) is 0 Å². The van der Waals surface area contributed by atoms with Crippen molar-refractivity contribution in [3.05, 3.63) is 70.5 Å². The van der Waals surface area contributed by atoms with Crippen LogP contribution in [0, 0.1) is 12.7 Å². The van der Waals surface area contributed by atoms with Gasteiger partial charge in [0.1, 0.15) is 17.3 Å². The highest BCUT2D eigenvalue weighted by atomic mass is 32.1. The van der Waals surface area contributed by atoms with Crippen molar-refractivity contribution in [1.82, 2.24) is 4.98 Å². The first kappa shape index (κ1) is 21.8. The molecule has 4 rings (SSSR count). The van der Waals surface area contributed by atoms with Gasteiger partial charge >= 0.3 is 5.97 Å². The van der Waals surface area contributed by atoms with Crippen LogP contribution in [0.25, 0.3) is 0 Å². The lowest BCUT2D eigenvalue weighted by Crippen LogP contribution is -2.46. The van der Waals surface area contributed by atoms with Gasteiger partial charge in [0.15, 0.2) is 16.6 Å². The number of hydrogen-bond donors (Lipinski definition) is 0. The molecule has 0 bridgehead atoms. The van der Waals surface area contributed by atoms with Crippen molar-refractivity contribution in [1.29, 1.82) is 0 Å². The molecule has 0 aliphatic carbocycles. The third kappa shape index (κ3) is 4.57. The van der Waals surface area contributed by atoms with Crippen LogP contribution < -0.4 is 14.4 Å². The number of thiazole rings is 1. The van der Waals surface area contributed by atoms with E-state index in [4.69, 9.17) is 14.2 Å². The number of hydrogen-bond acceptors (Lipinski definition) is 7. The topological polar surface area (TPSA) is 78.0 Å². The quantitative estimate of drug-likeness (QED) is 0.519. The Labute approximate surface area is 188 Å². The molecule has 0 spiro atoms. The van der Waals surface area contributed by atoms with E-state index >= 15 is 0 Å². The van der Waals surface area contributed by atoms with Gasteiger partial charge in [0, 0.05) is 0 Å². The third-order valence-electron chi connectivity index (χ3n) is 4.78. The van der Waals surface area contributed by atoms with Gasteiger partial charge in [-0.05, 0) is 43.7 Å². The average Bonchev–Trinajstić information content (AvgIpc) is 3.19. The zero-order valence-corrected chi connectivity index (χ0v) is 18.4. The van der Waals surface area contributed by atoms with Crippen LogP contribution in [0.4, 0.5) is 9.52 Å². The van der Waals surface area contributed by atoms with Crippen molar-refractivity contribution < 1.29 is 28.2 Å². The van der Waals surface area contributed by atoms with Crippen LogP contribution in [-0.4, -0.2) is 36.2 Å². The van der Waals surface area contributed by atoms with Gasteiger partial charge in [-0.15, -0.1) is 0 Å². The van der Waals surface area contributed by atoms with E-state index in [1.165, 1.54) is 17.0 Å². The van der Waals surface area contributed by atoms with Gasteiger partial charge in [0.25, 0.3) is 5.91 Å². The first-order valence-corrected chi connectivity index (χ1v) is 10.9. The summed E-state index contributed by atoms with van der Waals surface area (Å²) in [5, 5.41) is 0.322. The standard InChI is InChI=1S/C23H21FN2O5S/c1-3-29-22(28)20-14(2)25-23(32-20)26(12-15-8-10-16(24)11-9-15)21(27)19-13-30-17-6-4-5-7-18(17)31-19/h4-11,19H,3,12-13H2,1-2H3/t19-/m1/s1. The molecule has 1 aliphatic heterocycles. The number of aromatic nitrogens is 1. The number of esters is 1. The molecule has 0 saturated carbocycles. The first-order chi connectivity index (χ1) is 15.5. The van der Waals surface area contributed by atoms with Crippen LogP contribution in [0.15, 0.2) is 48.5 Å². The molecule has 2 heterocycles. The van der Waals surface area contributed by atoms with Crippen LogP contribution in [0.5, 0.6) is 11.5 Å². The second-order valence-corrected chi connectivity index (χ2v) is 8.02. The number of benzene rings is 2. The van der Waals surface area contributed by atoms with Crippen molar-refractivity contribution in [2.45, 2.75) is 26.5 Å². The Hall–Kier alpha value is -3.46. The Kier molecular flexibility index (Phi) is 6.36. The van der Waals surface area contributed by atoms with Crippen molar-refractivity contribution in [3.63, 3.8) is 0 Å². The zero-order chi connectivity index (χ0) is 22.7. The molecule has 1 amide bonds. The monoisotopic (exact) mass is 456 g/mol. The Bertz CT molecular complexity index is 1130. The lowest BCUT2D eigenvalue weighted by molar-refractivity contribution is -0.127. The summed E-state index contributed by atoms with van der Waals surface area (Å²) in [5.74, 6) is -0.207. The van der Waals surface area contributed by atoms with Gasteiger partial charge in [-0.3, -0.25) is 9.69 Å². The van der Waals surface area contributed by atoms with Crippen molar-refractivity contribution in [3.8, 4) is 11.5 Å². The summed E-state index contributed by atoms with van der Waals surface area (Å²) in [6, 6.07) is 12.9. The van der Waals surface area contributed by atoms with Gasteiger partial charge in [-0.25, -0.2) is 14.2 Å². The smallest absolute Gasteiger partial charge is 0.350 e. The molecule has 0 radical (unpaired) electrons. The highest BCUT2D eigenvalue weighted by Gasteiger charge is 2.34. The molecular weight excluding hydrogens is 435 g/mol. The summed E-state index contributed by atoms with van der Waals surface area (Å²) in [6.45, 7) is 3.79. The number of halogens is 1. The second-order valence-electron chi connectivity index (χ2n) is 7.05. The summed E-state index contributed by atoms with van der Waals surface area (Å²) in [5.41, 5.74) is 1.16. The van der Waals surface area contributed by atoms with Gasteiger partial charge in [-0.1, -0.05) is 35.6 Å². The molecule has 9 heteroatoms. The average molecular weight is 456 g/mol. The van der Waals surface area contributed by atoms with Crippen LogP contribution in [0.2, 0.25) is 0 Å². The largest absolute Gasteiger partial charge is 0.485 e. The van der Waals surface area contributed by atoms with E-state index in [-0.39, 0.29) is 31.5 Å². The molecule has 1 aliphatic rings. The number of para-hydroxylation sites is 2. The van der Waals surface area contributed by atoms with E-state index in [0.717, 1.165) is 11.3 Å². The molecule has 7 nitrogen and oxygen atoms in total. The molecule has 0 saturated heterocycles. The highest BCUT2D eigenvalue weighted by molar-refractivity contribution is 7.17. The Morgan fingerprint density at radius 1 is 1.19 bits per heavy atom. The van der Waals surface area contributed by atoms with Crippen LogP contribution in [0.1, 0.15) is 27.9 Å². The molecule has 1 atom stereocenters. The Morgan fingerprint density at radius 3 is 2.62 bits per heavy atom. The molecule has 0 unspecified atom stereocenters. The maximum absolute atomic E-state index is 13.5. The predicted molar refractivity (Wildman–Crippen MR) is 117 cm³/mol. The lowest BCUT2D eigenvalue weighted by Gasteiger charge is -2.29. The molecule has 2 aromatic carbocycles. The fourth-order valence-corrected chi connectivity index (χ4v) is 4.18. The van der Waals surface area contributed by atoms with E-state index in [1.54, 1.807) is 44.2 Å². The Balaban J connectivity index is 1.65. The number of rotatable bonds is 6. The van der Waals surface area contributed by atoms with E-state index in [9.17, 15) is 14.0 Å². The fourth-order valence-electron chi connectivity index (χ4n) is 3.21. The van der Waals surface area contributed by atoms with Crippen molar-refractivity contribution >= 4 is 28.3 Å². The van der Waals surface area contributed by atoms with Gasteiger partial charge < -0.3 is 14.2 Å². The van der Waals surface area contributed by atoms with Crippen molar-refractivity contribution in [2.75, 3.05) is 18.1 Å². The minimum atomic E-state index is -0.902. The molecular formula is C23H21FN2O5S. The van der Waals surface area contributed by atoms with Gasteiger partial charge in [0.05, 0.1) is 18.8 Å². The lowest BCUT2D eigenvalue weighted by atomic mass is 10.2. The van der Waals surface area contributed by atoms with Crippen LogP contribution in [-0.2, 0) is 16.1 Å². The number of nitrogens with zero attached hydrogens (tertiary/aromatic N) is 2. The number of aryl methyl sites for hydroxylation is 1. The van der Waals surface area contributed by atoms with E-state index in [1.807, 2.05) is 6.07 Å². The normalized spacial score (nSPS) is 14.7. The van der Waals surface area contributed by atoms with Crippen LogP contribution >= 0.6 is 11.3 Å². The summed E-state index contributed by atoms with van der Waals surface area (Å²) in [6.07, 6.45) is -0.902. The predicted octanol–water partition coefficient (Wildman–Crippen LogP) is 4.14. The fraction of sp³-hybridized carbons (Fsp3) is 0.261. The molecule has 0 N–H and O–H groups in total. The maximum Gasteiger partial charge on any atom is 0.350 e. The third-order valence-corrected chi connectivity index (χ3v) is 5.94. The molecule has 1 aromatic heterocycles. The highest BCUT2D eigenvalue weighted by Crippen LogP contribution is 2.33. The number of carbonyl (C=O) groups is 2. The molecule has 0 fully saturated rings. The van der Waals surface area contributed by atoms with Gasteiger partial charge in [0.2, 0.25) is 6.10 Å².